The van der Waals surface area contributed by atoms with E-state index in [9.17, 15) is 9.59 Å². The highest BCUT2D eigenvalue weighted by Gasteiger charge is 2.34. The molecule has 1 fully saturated rings. The largest absolute Gasteiger partial charge is 0.381 e. The van der Waals surface area contributed by atoms with Gasteiger partial charge in [0.2, 0.25) is 0 Å². The third-order valence-electron chi connectivity index (χ3n) is 5.58. The number of urea groups is 1. The lowest BCUT2D eigenvalue weighted by Gasteiger charge is -2.40. The minimum absolute atomic E-state index is 0.151. The lowest BCUT2D eigenvalue weighted by molar-refractivity contribution is 0.0349. The number of hydrogen-bond acceptors (Lipinski definition) is 4. The van der Waals surface area contributed by atoms with Gasteiger partial charge in [0.25, 0.3) is 5.91 Å². The van der Waals surface area contributed by atoms with Crippen LogP contribution < -0.4 is 21.3 Å². The van der Waals surface area contributed by atoms with Crippen LogP contribution in [0.1, 0.15) is 48.7 Å². The molecule has 7 nitrogen and oxygen atoms in total. The molecule has 0 spiro atoms. The molecule has 1 saturated heterocycles. The fourth-order valence-corrected chi connectivity index (χ4v) is 3.84. The Morgan fingerprint density at radius 2 is 1.77 bits per heavy atom. The van der Waals surface area contributed by atoms with Crippen LogP contribution in [0.5, 0.6) is 0 Å². The topological polar surface area (TPSA) is 91.5 Å². The molecule has 1 aliphatic rings. The Balaban J connectivity index is 1.60. The highest BCUT2D eigenvalue weighted by molar-refractivity contribution is 5.96. The lowest BCUT2D eigenvalue weighted by atomic mass is 9.88. The summed E-state index contributed by atoms with van der Waals surface area (Å²) < 4.78 is 5.56. The van der Waals surface area contributed by atoms with Gasteiger partial charge in [-0.1, -0.05) is 36.4 Å². The summed E-state index contributed by atoms with van der Waals surface area (Å²) in [6, 6.07) is 17.0. The average molecular weight is 425 g/mol. The highest BCUT2D eigenvalue weighted by Crippen LogP contribution is 2.25. The van der Waals surface area contributed by atoms with Gasteiger partial charge in [-0.15, -0.1) is 0 Å². The molecule has 31 heavy (non-hydrogen) atoms. The van der Waals surface area contributed by atoms with Gasteiger partial charge in [-0.3, -0.25) is 4.79 Å². The van der Waals surface area contributed by atoms with Crippen LogP contribution in [-0.4, -0.2) is 43.8 Å². The molecule has 0 bridgehead atoms. The van der Waals surface area contributed by atoms with E-state index in [0.717, 1.165) is 12.8 Å². The Hall–Kier alpha value is -2.90. The monoisotopic (exact) mass is 424 g/mol. The van der Waals surface area contributed by atoms with E-state index < -0.39 is 0 Å². The summed E-state index contributed by atoms with van der Waals surface area (Å²) in [4.78, 5) is 24.6. The molecular weight excluding hydrogens is 392 g/mol. The number of carbonyl (C=O) groups is 2. The van der Waals surface area contributed by atoms with Crippen LogP contribution in [-0.2, 0) is 4.74 Å². The summed E-state index contributed by atoms with van der Waals surface area (Å²) in [7, 11) is 0. The van der Waals surface area contributed by atoms with Crippen molar-refractivity contribution < 1.29 is 14.3 Å². The number of rotatable bonds is 8. The molecule has 0 radical (unpaired) electrons. The van der Waals surface area contributed by atoms with Crippen molar-refractivity contribution in [2.75, 3.05) is 31.6 Å². The SMILES string of the molecule is CCNC(=O)c1cccc(NC(=O)NCC2(NC(C)c3ccccc3)CCOCC2)c1. The molecule has 166 valence electrons. The lowest BCUT2D eigenvalue weighted by Crippen LogP contribution is -2.57. The first kappa shape index (κ1) is 22.8. The second-order valence-corrected chi connectivity index (χ2v) is 7.92. The molecule has 2 aromatic rings. The van der Waals surface area contributed by atoms with Gasteiger partial charge in [0.1, 0.15) is 0 Å². The summed E-state index contributed by atoms with van der Waals surface area (Å²) >= 11 is 0. The summed E-state index contributed by atoms with van der Waals surface area (Å²) in [5.41, 5.74) is 2.06. The molecule has 2 aromatic carbocycles. The minimum atomic E-state index is -0.298. The molecule has 1 aliphatic heterocycles. The second kappa shape index (κ2) is 10.9. The molecular formula is C24H32N4O3. The second-order valence-electron chi connectivity index (χ2n) is 7.92. The quantitative estimate of drug-likeness (QED) is 0.522. The van der Waals surface area contributed by atoms with Crippen LogP contribution in [0.2, 0.25) is 0 Å². The minimum Gasteiger partial charge on any atom is -0.381 e. The Morgan fingerprint density at radius 3 is 2.48 bits per heavy atom. The number of benzene rings is 2. The van der Waals surface area contributed by atoms with Crippen molar-refractivity contribution in [3.05, 3.63) is 65.7 Å². The molecule has 0 aromatic heterocycles. The van der Waals surface area contributed by atoms with Crippen molar-refractivity contribution in [3.8, 4) is 0 Å². The predicted octanol–water partition coefficient (Wildman–Crippen LogP) is 3.46. The smallest absolute Gasteiger partial charge is 0.319 e. The van der Waals surface area contributed by atoms with Crippen molar-refractivity contribution >= 4 is 17.6 Å². The zero-order valence-corrected chi connectivity index (χ0v) is 18.2. The van der Waals surface area contributed by atoms with Crippen molar-refractivity contribution in [1.82, 2.24) is 16.0 Å². The van der Waals surface area contributed by atoms with Gasteiger partial charge in [-0.25, -0.2) is 4.79 Å². The van der Waals surface area contributed by atoms with E-state index in [0.29, 0.717) is 37.6 Å². The molecule has 7 heteroatoms. The van der Waals surface area contributed by atoms with E-state index in [1.807, 2.05) is 25.1 Å². The van der Waals surface area contributed by atoms with Gasteiger partial charge in [0.15, 0.2) is 0 Å². The number of anilines is 1. The first-order chi connectivity index (χ1) is 15.0. The van der Waals surface area contributed by atoms with Gasteiger partial charge in [-0.05, 0) is 50.5 Å². The highest BCUT2D eigenvalue weighted by atomic mass is 16.5. The zero-order valence-electron chi connectivity index (χ0n) is 18.2. The fourth-order valence-electron chi connectivity index (χ4n) is 3.84. The first-order valence-electron chi connectivity index (χ1n) is 10.8. The summed E-state index contributed by atoms with van der Waals surface area (Å²) in [6.07, 6.45) is 1.63. The van der Waals surface area contributed by atoms with E-state index in [1.165, 1.54) is 5.56 Å². The van der Waals surface area contributed by atoms with Crippen molar-refractivity contribution in [2.45, 2.75) is 38.3 Å². The zero-order chi connectivity index (χ0) is 22.1. The standard InChI is InChI=1S/C24H32N4O3/c1-3-25-22(29)20-10-7-11-21(16-20)27-23(30)26-17-24(12-14-31-15-13-24)28-18(2)19-8-5-4-6-9-19/h4-11,16,18,28H,3,12-15,17H2,1-2H3,(H,25,29)(H2,26,27,30). The van der Waals surface area contributed by atoms with Crippen LogP contribution >= 0.6 is 0 Å². The molecule has 1 heterocycles. The average Bonchev–Trinajstić information content (AvgIpc) is 2.79. The third kappa shape index (κ3) is 6.54. The maximum Gasteiger partial charge on any atom is 0.319 e. The van der Waals surface area contributed by atoms with Crippen LogP contribution in [0.4, 0.5) is 10.5 Å². The number of carbonyl (C=O) groups excluding carboxylic acids is 2. The van der Waals surface area contributed by atoms with Gasteiger partial charge < -0.3 is 26.0 Å². The first-order valence-corrected chi connectivity index (χ1v) is 10.8. The maximum absolute atomic E-state index is 12.6. The van der Waals surface area contributed by atoms with Crippen LogP contribution in [0.25, 0.3) is 0 Å². The number of hydrogen-bond donors (Lipinski definition) is 4. The fraction of sp³-hybridized carbons (Fsp3) is 0.417. The number of amides is 3. The van der Waals surface area contributed by atoms with E-state index >= 15 is 0 Å². The predicted molar refractivity (Wildman–Crippen MR) is 122 cm³/mol. The van der Waals surface area contributed by atoms with E-state index in [1.54, 1.807) is 24.3 Å². The Kier molecular flexibility index (Phi) is 8.03. The number of nitrogens with one attached hydrogen (secondary N) is 4. The molecule has 0 saturated carbocycles. The Morgan fingerprint density at radius 1 is 1.03 bits per heavy atom. The molecule has 0 aliphatic carbocycles. The Bertz CT molecular complexity index is 866. The maximum atomic E-state index is 12.6. The molecule has 1 atom stereocenters. The van der Waals surface area contributed by atoms with E-state index in [-0.39, 0.29) is 23.5 Å². The van der Waals surface area contributed by atoms with Crippen LogP contribution in [0.15, 0.2) is 54.6 Å². The Labute approximate surface area is 183 Å². The van der Waals surface area contributed by atoms with Crippen LogP contribution in [0, 0.1) is 0 Å². The number of ether oxygens (including phenoxy) is 1. The van der Waals surface area contributed by atoms with Gasteiger partial charge in [0, 0.05) is 49.1 Å². The summed E-state index contributed by atoms with van der Waals surface area (Å²) in [5, 5.41) is 12.3. The molecule has 1 unspecified atom stereocenters. The normalized spacial score (nSPS) is 16.2. The van der Waals surface area contributed by atoms with Crippen molar-refractivity contribution in [2.24, 2.45) is 0 Å². The van der Waals surface area contributed by atoms with Gasteiger partial charge in [-0.2, -0.15) is 0 Å². The summed E-state index contributed by atoms with van der Waals surface area (Å²) in [5.74, 6) is -0.160. The van der Waals surface area contributed by atoms with E-state index in [2.05, 4.69) is 40.3 Å². The van der Waals surface area contributed by atoms with Crippen molar-refractivity contribution in [3.63, 3.8) is 0 Å². The molecule has 3 rings (SSSR count). The third-order valence-corrected chi connectivity index (χ3v) is 5.58. The summed E-state index contributed by atoms with van der Waals surface area (Å²) in [6.45, 7) is 6.36. The molecule has 3 amide bonds. The van der Waals surface area contributed by atoms with Crippen molar-refractivity contribution in [1.29, 1.82) is 0 Å². The van der Waals surface area contributed by atoms with Crippen LogP contribution in [0.3, 0.4) is 0 Å². The van der Waals surface area contributed by atoms with Gasteiger partial charge in [0.05, 0.1) is 0 Å². The van der Waals surface area contributed by atoms with Gasteiger partial charge >= 0.3 is 6.03 Å². The van der Waals surface area contributed by atoms with E-state index in [4.69, 9.17) is 4.74 Å². The molecule has 4 N–H and O–H groups in total.